The number of sulfone groups is 1. The highest BCUT2D eigenvalue weighted by molar-refractivity contribution is 7.90. The van der Waals surface area contributed by atoms with Gasteiger partial charge in [-0.15, -0.1) is 0 Å². The van der Waals surface area contributed by atoms with Crippen LogP contribution in [0, 0.1) is 17.1 Å². The van der Waals surface area contributed by atoms with Crippen LogP contribution in [0.4, 0.5) is 4.39 Å². The van der Waals surface area contributed by atoms with Gasteiger partial charge in [0.2, 0.25) is 0 Å². The van der Waals surface area contributed by atoms with Crippen LogP contribution in [-0.4, -0.2) is 19.7 Å². The topological polar surface area (TPSA) is 90.8 Å². The summed E-state index contributed by atoms with van der Waals surface area (Å²) in [6.45, 7) is 0. The summed E-state index contributed by atoms with van der Waals surface area (Å²) < 4.78 is 39.0. The van der Waals surface area contributed by atoms with Crippen molar-refractivity contribution in [2.24, 2.45) is 0 Å². The minimum absolute atomic E-state index is 0.0377. The largest absolute Gasteiger partial charge is 0.354 e. The van der Waals surface area contributed by atoms with Gasteiger partial charge in [0.15, 0.2) is 15.3 Å². The van der Waals surface area contributed by atoms with Crippen LogP contribution in [0.3, 0.4) is 0 Å². The Labute approximate surface area is 188 Å². The van der Waals surface area contributed by atoms with E-state index in [1.54, 1.807) is 24.3 Å². The fourth-order valence-corrected chi connectivity index (χ4v) is 4.69. The van der Waals surface area contributed by atoms with E-state index in [4.69, 9.17) is 11.6 Å². The molecule has 32 heavy (non-hydrogen) atoms. The minimum Gasteiger partial charge on any atom is -0.354 e. The molecule has 0 aliphatic carbocycles. The van der Waals surface area contributed by atoms with Crippen molar-refractivity contribution in [2.75, 3.05) is 6.26 Å². The number of nitrogens with zero attached hydrogens (tertiary/aromatic N) is 1. The van der Waals surface area contributed by atoms with E-state index in [1.807, 2.05) is 6.07 Å². The number of rotatable bonds is 4. The van der Waals surface area contributed by atoms with E-state index in [1.165, 1.54) is 36.4 Å². The van der Waals surface area contributed by atoms with Gasteiger partial charge < -0.3 is 4.98 Å². The first-order chi connectivity index (χ1) is 15.2. The number of benzene rings is 3. The lowest BCUT2D eigenvalue weighted by Gasteiger charge is -2.12. The Morgan fingerprint density at radius 3 is 2.44 bits per heavy atom. The number of aromatic amines is 1. The van der Waals surface area contributed by atoms with Crippen molar-refractivity contribution in [2.45, 2.75) is 11.3 Å². The number of hydrogen-bond acceptors (Lipinski definition) is 4. The number of nitrogens with one attached hydrogen (secondary N) is 1. The summed E-state index contributed by atoms with van der Waals surface area (Å²) in [4.78, 5) is 16.0. The van der Waals surface area contributed by atoms with Crippen molar-refractivity contribution in [3.63, 3.8) is 0 Å². The van der Waals surface area contributed by atoms with Crippen molar-refractivity contribution in [3.8, 4) is 17.3 Å². The van der Waals surface area contributed by atoms with Gasteiger partial charge in [-0.3, -0.25) is 4.79 Å². The molecule has 0 saturated heterocycles. The second kappa shape index (κ2) is 8.23. The van der Waals surface area contributed by atoms with Gasteiger partial charge in [-0.2, -0.15) is 5.26 Å². The molecule has 0 aliphatic heterocycles. The molecule has 5 nitrogen and oxygen atoms in total. The molecule has 0 bridgehead atoms. The smallest absolute Gasteiger partial charge is 0.190 e. The quantitative estimate of drug-likeness (QED) is 0.465. The normalized spacial score (nSPS) is 11.4. The molecule has 0 fully saturated rings. The van der Waals surface area contributed by atoms with Crippen LogP contribution in [0.2, 0.25) is 5.02 Å². The van der Waals surface area contributed by atoms with Crippen molar-refractivity contribution in [1.82, 2.24) is 4.98 Å². The summed E-state index contributed by atoms with van der Waals surface area (Å²) in [6.07, 6.45) is 1.35. The molecule has 0 amide bonds. The number of hydrogen-bond donors (Lipinski definition) is 1. The summed E-state index contributed by atoms with van der Waals surface area (Å²) in [5.41, 5.74) is 1.78. The third-order valence-electron chi connectivity index (χ3n) is 5.08. The summed E-state index contributed by atoms with van der Waals surface area (Å²) in [5.74, 6) is -0.539. The molecule has 1 N–H and O–H groups in total. The molecule has 0 radical (unpaired) electrons. The van der Waals surface area contributed by atoms with E-state index in [0.29, 0.717) is 22.4 Å². The molecule has 0 atom stereocenters. The van der Waals surface area contributed by atoms with Gasteiger partial charge >= 0.3 is 0 Å². The second-order valence-electron chi connectivity index (χ2n) is 7.43. The van der Waals surface area contributed by atoms with Crippen LogP contribution in [0.5, 0.6) is 0 Å². The predicted molar refractivity (Wildman–Crippen MR) is 122 cm³/mol. The molecule has 1 heterocycles. The summed E-state index contributed by atoms with van der Waals surface area (Å²) in [6, 6.07) is 16.9. The predicted octanol–water partition coefficient (Wildman–Crippen LogP) is 4.85. The Bertz CT molecular complexity index is 1570. The maximum atomic E-state index is 14.4. The van der Waals surface area contributed by atoms with E-state index in [2.05, 4.69) is 4.98 Å². The number of nitriles is 1. The maximum Gasteiger partial charge on any atom is 0.190 e. The number of H-pyrrole nitrogens is 1. The summed E-state index contributed by atoms with van der Waals surface area (Å²) in [5, 5.41) is 10.1. The van der Waals surface area contributed by atoms with Crippen LogP contribution in [-0.2, 0) is 16.3 Å². The molecule has 0 saturated carbocycles. The molecule has 3 aromatic carbocycles. The Morgan fingerprint density at radius 1 is 1.06 bits per heavy atom. The molecular formula is C24H16ClFN2O3S. The SMILES string of the molecule is CS(=O)(=O)c1ccc(C#N)cc1-c1cc(=O)c2c(Cc3ccc(Cl)cc3)cc(F)cc2[nH]1. The zero-order valence-electron chi connectivity index (χ0n) is 16.8. The Morgan fingerprint density at radius 2 is 1.78 bits per heavy atom. The third-order valence-corrected chi connectivity index (χ3v) is 6.49. The first-order valence-electron chi connectivity index (χ1n) is 9.50. The van der Waals surface area contributed by atoms with Gasteiger partial charge in [0.05, 0.1) is 27.7 Å². The van der Waals surface area contributed by atoms with Crippen molar-refractivity contribution < 1.29 is 12.8 Å². The van der Waals surface area contributed by atoms with Crippen LogP contribution in [0.15, 0.2) is 70.4 Å². The lowest BCUT2D eigenvalue weighted by atomic mass is 9.99. The van der Waals surface area contributed by atoms with E-state index in [0.717, 1.165) is 11.8 Å². The van der Waals surface area contributed by atoms with E-state index < -0.39 is 15.7 Å². The van der Waals surface area contributed by atoms with E-state index in [-0.39, 0.29) is 32.7 Å². The Kier molecular flexibility index (Phi) is 5.59. The highest BCUT2D eigenvalue weighted by atomic mass is 35.5. The molecule has 0 spiro atoms. The standard InChI is InChI=1S/C24H16ClFN2O3S/c1-32(30,31)23-7-4-15(13-27)9-19(23)20-12-22(29)24-16(10-18(26)11-21(24)28-20)8-14-2-5-17(25)6-3-14/h2-7,9-12H,8H2,1H3,(H,28,29). The number of halogens is 2. The molecule has 8 heteroatoms. The van der Waals surface area contributed by atoms with Crippen LogP contribution >= 0.6 is 11.6 Å². The van der Waals surface area contributed by atoms with Gasteiger partial charge in [0, 0.05) is 28.3 Å². The summed E-state index contributed by atoms with van der Waals surface area (Å²) in [7, 11) is -3.65. The van der Waals surface area contributed by atoms with Crippen LogP contribution in [0.1, 0.15) is 16.7 Å². The van der Waals surface area contributed by atoms with E-state index in [9.17, 15) is 22.9 Å². The van der Waals surface area contributed by atoms with E-state index >= 15 is 0 Å². The fourth-order valence-electron chi connectivity index (χ4n) is 3.68. The van der Waals surface area contributed by atoms with Gasteiger partial charge in [-0.25, -0.2) is 12.8 Å². The molecule has 4 rings (SSSR count). The fraction of sp³-hybridized carbons (Fsp3) is 0.0833. The highest BCUT2D eigenvalue weighted by Gasteiger charge is 2.18. The third kappa shape index (κ3) is 4.28. The molecular weight excluding hydrogens is 451 g/mol. The first-order valence-corrected chi connectivity index (χ1v) is 11.8. The van der Waals surface area contributed by atoms with Gasteiger partial charge in [0.25, 0.3) is 0 Å². The molecule has 0 aliphatic rings. The molecule has 1 aromatic heterocycles. The lowest BCUT2D eigenvalue weighted by molar-refractivity contribution is 0.602. The molecule has 160 valence electrons. The first kappa shape index (κ1) is 21.8. The lowest BCUT2D eigenvalue weighted by Crippen LogP contribution is -2.09. The zero-order chi connectivity index (χ0) is 23.0. The number of aromatic nitrogens is 1. The second-order valence-corrected chi connectivity index (χ2v) is 9.85. The average Bonchev–Trinajstić information content (AvgIpc) is 2.73. The molecule has 4 aromatic rings. The van der Waals surface area contributed by atoms with Crippen molar-refractivity contribution >= 4 is 32.3 Å². The van der Waals surface area contributed by atoms with Crippen molar-refractivity contribution in [1.29, 1.82) is 5.26 Å². The maximum absolute atomic E-state index is 14.4. The minimum atomic E-state index is -3.65. The van der Waals surface area contributed by atoms with Crippen molar-refractivity contribution in [3.05, 3.63) is 98.4 Å². The zero-order valence-corrected chi connectivity index (χ0v) is 18.4. The number of pyridine rings is 1. The highest BCUT2D eigenvalue weighted by Crippen LogP contribution is 2.29. The average molecular weight is 467 g/mol. The van der Waals surface area contributed by atoms with Gasteiger partial charge in [0.1, 0.15) is 5.82 Å². The van der Waals surface area contributed by atoms with Crippen LogP contribution < -0.4 is 5.43 Å². The summed E-state index contributed by atoms with van der Waals surface area (Å²) >= 11 is 5.92. The Hall–Kier alpha value is -3.47. The molecule has 0 unspecified atom stereocenters. The number of fused-ring (bicyclic) bond motifs is 1. The monoisotopic (exact) mass is 466 g/mol. The Balaban J connectivity index is 1.94. The van der Waals surface area contributed by atoms with Gasteiger partial charge in [-0.1, -0.05) is 23.7 Å². The van der Waals surface area contributed by atoms with Gasteiger partial charge in [-0.05, 0) is 60.0 Å². The van der Waals surface area contributed by atoms with Crippen LogP contribution in [0.25, 0.3) is 22.2 Å².